The number of rotatable bonds is 8. The van der Waals surface area contributed by atoms with Crippen LogP contribution in [0.25, 0.3) is 0 Å². The van der Waals surface area contributed by atoms with Crippen molar-refractivity contribution in [1.29, 1.82) is 0 Å². The van der Waals surface area contributed by atoms with Crippen LogP contribution in [0.1, 0.15) is 46.0 Å². The van der Waals surface area contributed by atoms with Crippen molar-refractivity contribution in [1.82, 2.24) is 10.2 Å². The summed E-state index contributed by atoms with van der Waals surface area (Å²) in [5, 5.41) is 3.74. The fourth-order valence-electron chi connectivity index (χ4n) is 3.01. The average molecular weight is 256 g/mol. The molecule has 1 saturated carbocycles. The van der Waals surface area contributed by atoms with E-state index in [-0.39, 0.29) is 0 Å². The predicted molar refractivity (Wildman–Crippen MR) is 78.0 cm³/mol. The number of nitrogens with one attached hydrogen (secondary N) is 1. The molecule has 0 spiro atoms. The zero-order chi connectivity index (χ0) is 13.4. The van der Waals surface area contributed by atoms with E-state index in [9.17, 15) is 0 Å². The normalized spacial score (nSPS) is 26.5. The molecule has 3 unspecified atom stereocenters. The van der Waals surface area contributed by atoms with Crippen LogP contribution in [0.5, 0.6) is 0 Å². The van der Waals surface area contributed by atoms with Gasteiger partial charge in [0.2, 0.25) is 0 Å². The van der Waals surface area contributed by atoms with E-state index < -0.39 is 0 Å². The van der Waals surface area contributed by atoms with Crippen LogP contribution >= 0.6 is 0 Å². The van der Waals surface area contributed by atoms with E-state index >= 15 is 0 Å². The van der Waals surface area contributed by atoms with Gasteiger partial charge in [-0.05, 0) is 45.7 Å². The van der Waals surface area contributed by atoms with Crippen molar-refractivity contribution in [3.05, 3.63) is 0 Å². The van der Waals surface area contributed by atoms with Crippen molar-refractivity contribution in [3.8, 4) is 0 Å². The number of ether oxygens (including phenoxy) is 1. The topological polar surface area (TPSA) is 24.5 Å². The van der Waals surface area contributed by atoms with Crippen LogP contribution in [0.4, 0.5) is 0 Å². The van der Waals surface area contributed by atoms with E-state index in [4.69, 9.17) is 4.74 Å². The first-order valence-corrected chi connectivity index (χ1v) is 7.62. The fourth-order valence-corrected chi connectivity index (χ4v) is 3.01. The van der Waals surface area contributed by atoms with Crippen LogP contribution in [-0.2, 0) is 4.74 Å². The highest BCUT2D eigenvalue weighted by Crippen LogP contribution is 2.25. The predicted octanol–water partition coefficient (Wildman–Crippen LogP) is 2.51. The molecule has 1 rings (SSSR count). The van der Waals surface area contributed by atoms with Crippen molar-refractivity contribution in [2.24, 2.45) is 5.92 Å². The maximum Gasteiger partial charge on any atom is 0.0669 e. The monoisotopic (exact) mass is 256 g/mol. The summed E-state index contributed by atoms with van der Waals surface area (Å²) in [6.07, 6.45) is 7.12. The molecule has 0 radical (unpaired) electrons. The fraction of sp³-hybridized carbons (Fsp3) is 1.00. The molecule has 3 heteroatoms. The Labute approximate surface area is 113 Å². The van der Waals surface area contributed by atoms with Crippen LogP contribution < -0.4 is 5.32 Å². The molecule has 0 saturated heterocycles. The standard InChI is InChI=1S/C15H32N2O/c1-5-10-16-15-9-7-6-8-14(15)12-17(3)11-13(2)18-4/h13-16H,5-12H2,1-4H3. The van der Waals surface area contributed by atoms with Gasteiger partial charge >= 0.3 is 0 Å². The molecule has 1 N–H and O–H groups in total. The summed E-state index contributed by atoms with van der Waals surface area (Å²) in [5.41, 5.74) is 0. The van der Waals surface area contributed by atoms with Gasteiger partial charge in [-0.15, -0.1) is 0 Å². The number of nitrogens with zero attached hydrogens (tertiary/aromatic N) is 1. The summed E-state index contributed by atoms with van der Waals surface area (Å²) in [4.78, 5) is 2.44. The van der Waals surface area contributed by atoms with Gasteiger partial charge < -0.3 is 15.0 Å². The zero-order valence-corrected chi connectivity index (χ0v) is 12.7. The van der Waals surface area contributed by atoms with Crippen molar-refractivity contribution < 1.29 is 4.74 Å². The minimum absolute atomic E-state index is 0.334. The molecule has 18 heavy (non-hydrogen) atoms. The zero-order valence-electron chi connectivity index (χ0n) is 12.7. The van der Waals surface area contributed by atoms with Gasteiger partial charge in [-0.3, -0.25) is 0 Å². The highest BCUT2D eigenvalue weighted by atomic mass is 16.5. The van der Waals surface area contributed by atoms with E-state index in [2.05, 4.69) is 31.1 Å². The first-order chi connectivity index (χ1) is 8.67. The van der Waals surface area contributed by atoms with Crippen molar-refractivity contribution in [3.63, 3.8) is 0 Å². The molecule has 0 heterocycles. The smallest absolute Gasteiger partial charge is 0.0669 e. The number of likely N-dealkylation sites (N-methyl/N-ethyl adjacent to an activating group) is 1. The summed E-state index contributed by atoms with van der Waals surface area (Å²) in [6.45, 7) is 7.79. The Morgan fingerprint density at radius 1 is 1.33 bits per heavy atom. The first kappa shape index (κ1) is 15.9. The quantitative estimate of drug-likeness (QED) is 0.722. The third-order valence-electron chi connectivity index (χ3n) is 4.08. The molecule has 1 aliphatic rings. The Kier molecular flexibility index (Phi) is 7.87. The van der Waals surface area contributed by atoms with E-state index in [1.165, 1.54) is 45.2 Å². The summed E-state index contributed by atoms with van der Waals surface area (Å²) in [7, 11) is 4.02. The van der Waals surface area contributed by atoms with Gasteiger partial charge in [0.25, 0.3) is 0 Å². The Hall–Kier alpha value is -0.120. The molecule has 0 bridgehead atoms. The molecule has 0 aliphatic heterocycles. The van der Waals surface area contributed by atoms with Gasteiger partial charge in [-0.2, -0.15) is 0 Å². The van der Waals surface area contributed by atoms with E-state index in [1.54, 1.807) is 7.11 Å². The Morgan fingerprint density at radius 2 is 2.06 bits per heavy atom. The van der Waals surface area contributed by atoms with Crippen LogP contribution in [0.3, 0.4) is 0 Å². The van der Waals surface area contributed by atoms with Crippen molar-refractivity contribution in [2.45, 2.75) is 58.1 Å². The van der Waals surface area contributed by atoms with Crippen LogP contribution in [-0.4, -0.2) is 50.8 Å². The molecule has 0 aromatic rings. The Balaban J connectivity index is 2.35. The van der Waals surface area contributed by atoms with Crippen LogP contribution in [0.2, 0.25) is 0 Å². The second-order valence-corrected chi connectivity index (χ2v) is 5.87. The lowest BCUT2D eigenvalue weighted by molar-refractivity contribution is 0.0746. The maximum atomic E-state index is 5.34. The molecular formula is C15H32N2O. The first-order valence-electron chi connectivity index (χ1n) is 7.62. The van der Waals surface area contributed by atoms with Gasteiger partial charge in [-0.1, -0.05) is 19.8 Å². The summed E-state index contributed by atoms with van der Waals surface area (Å²) in [6, 6.07) is 0.735. The number of hydrogen-bond acceptors (Lipinski definition) is 3. The van der Waals surface area contributed by atoms with E-state index in [0.717, 1.165) is 18.5 Å². The van der Waals surface area contributed by atoms with Gasteiger partial charge in [0.05, 0.1) is 6.10 Å². The van der Waals surface area contributed by atoms with Crippen LogP contribution in [0, 0.1) is 5.92 Å². The Bertz CT molecular complexity index is 211. The maximum absolute atomic E-state index is 5.34. The summed E-state index contributed by atoms with van der Waals surface area (Å²) in [5.74, 6) is 0.819. The molecule has 1 aliphatic carbocycles. The second-order valence-electron chi connectivity index (χ2n) is 5.87. The molecule has 0 aromatic heterocycles. The highest BCUT2D eigenvalue weighted by Gasteiger charge is 2.25. The van der Waals surface area contributed by atoms with Gasteiger partial charge in [0, 0.05) is 26.2 Å². The summed E-state index contributed by atoms with van der Waals surface area (Å²) < 4.78 is 5.34. The second kappa shape index (κ2) is 8.89. The third kappa shape index (κ3) is 5.68. The van der Waals surface area contributed by atoms with E-state index in [1.807, 2.05) is 0 Å². The number of methoxy groups -OCH3 is 1. The van der Waals surface area contributed by atoms with Gasteiger partial charge in [-0.25, -0.2) is 0 Å². The average Bonchev–Trinajstić information content (AvgIpc) is 2.37. The van der Waals surface area contributed by atoms with Crippen molar-refractivity contribution in [2.75, 3.05) is 33.8 Å². The van der Waals surface area contributed by atoms with Crippen molar-refractivity contribution >= 4 is 0 Å². The lowest BCUT2D eigenvalue weighted by Crippen LogP contribution is -2.44. The minimum Gasteiger partial charge on any atom is -0.380 e. The highest BCUT2D eigenvalue weighted by molar-refractivity contribution is 4.82. The molecule has 0 amide bonds. The lowest BCUT2D eigenvalue weighted by Gasteiger charge is -2.35. The molecule has 1 fully saturated rings. The SMILES string of the molecule is CCCNC1CCCCC1CN(C)CC(C)OC. The Morgan fingerprint density at radius 3 is 2.72 bits per heavy atom. The molecule has 3 nitrogen and oxygen atoms in total. The molecule has 108 valence electrons. The largest absolute Gasteiger partial charge is 0.380 e. The van der Waals surface area contributed by atoms with Crippen LogP contribution in [0.15, 0.2) is 0 Å². The molecular weight excluding hydrogens is 224 g/mol. The molecule has 0 aromatic carbocycles. The van der Waals surface area contributed by atoms with Gasteiger partial charge in [0.15, 0.2) is 0 Å². The minimum atomic E-state index is 0.334. The number of hydrogen-bond donors (Lipinski definition) is 1. The van der Waals surface area contributed by atoms with E-state index in [0.29, 0.717) is 6.10 Å². The summed E-state index contributed by atoms with van der Waals surface area (Å²) >= 11 is 0. The third-order valence-corrected chi connectivity index (χ3v) is 4.08. The van der Waals surface area contributed by atoms with Gasteiger partial charge in [0.1, 0.15) is 0 Å². The molecule has 3 atom stereocenters. The lowest BCUT2D eigenvalue weighted by atomic mass is 9.84.